The van der Waals surface area contributed by atoms with Gasteiger partial charge in [0.2, 0.25) is 5.91 Å². The molecule has 2 aromatic carbocycles. The van der Waals surface area contributed by atoms with Gasteiger partial charge in [-0.3, -0.25) is 9.59 Å². The Kier molecular flexibility index (Phi) is 6.99. The number of benzene rings is 2. The minimum absolute atomic E-state index is 0.0192. The number of para-hydroxylation sites is 1. The molecule has 27 heavy (non-hydrogen) atoms. The van der Waals surface area contributed by atoms with Crippen LogP contribution in [0.15, 0.2) is 48.5 Å². The SMILES string of the molecule is O=C(CCC(=O)c1ccc2c(c1)CCNCC2)NCCOc1ccccc1. The van der Waals surface area contributed by atoms with E-state index in [1.54, 1.807) is 0 Å². The third-order valence-corrected chi connectivity index (χ3v) is 4.69. The summed E-state index contributed by atoms with van der Waals surface area (Å²) in [6.45, 7) is 2.75. The Labute approximate surface area is 160 Å². The fourth-order valence-corrected chi connectivity index (χ4v) is 3.18. The van der Waals surface area contributed by atoms with E-state index in [1.165, 1.54) is 11.1 Å². The Morgan fingerprint density at radius 1 is 0.963 bits per heavy atom. The van der Waals surface area contributed by atoms with E-state index in [0.717, 1.165) is 31.7 Å². The average Bonchev–Trinajstić information content (AvgIpc) is 2.95. The number of hydrogen-bond donors (Lipinski definition) is 2. The molecule has 5 nitrogen and oxygen atoms in total. The lowest BCUT2D eigenvalue weighted by atomic mass is 9.97. The number of carbonyl (C=O) groups is 2. The molecule has 0 saturated carbocycles. The third-order valence-electron chi connectivity index (χ3n) is 4.69. The summed E-state index contributed by atoms with van der Waals surface area (Å²) in [6.07, 6.45) is 2.36. The average molecular weight is 366 g/mol. The van der Waals surface area contributed by atoms with E-state index in [0.29, 0.717) is 18.7 Å². The number of Topliss-reactive ketones (excluding diaryl/α,β-unsaturated/α-hetero) is 1. The molecule has 142 valence electrons. The molecule has 1 aliphatic heterocycles. The largest absolute Gasteiger partial charge is 0.492 e. The molecule has 0 aliphatic carbocycles. The van der Waals surface area contributed by atoms with Crippen molar-refractivity contribution in [2.75, 3.05) is 26.2 Å². The maximum absolute atomic E-state index is 12.4. The van der Waals surface area contributed by atoms with Crippen LogP contribution in [0.1, 0.15) is 34.3 Å². The molecular formula is C22H26N2O3. The second-order valence-electron chi connectivity index (χ2n) is 6.67. The Morgan fingerprint density at radius 2 is 1.74 bits per heavy atom. The van der Waals surface area contributed by atoms with E-state index < -0.39 is 0 Å². The summed E-state index contributed by atoms with van der Waals surface area (Å²) in [5.74, 6) is 0.671. The normalized spacial score (nSPS) is 13.3. The van der Waals surface area contributed by atoms with E-state index >= 15 is 0 Å². The molecule has 2 aromatic rings. The summed E-state index contributed by atoms with van der Waals surface area (Å²) in [5.41, 5.74) is 3.26. The molecule has 1 aliphatic rings. The van der Waals surface area contributed by atoms with Gasteiger partial charge < -0.3 is 15.4 Å². The third kappa shape index (κ3) is 5.93. The van der Waals surface area contributed by atoms with Gasteiger partial charge >= 0.3 is 0 Å². The molecule has 0 bridgehead atoms. The Bertz CT molecular complexity index is 774. The van der Waals surface area contributed by atoms with Crippen LogP contribution in [0, 0.1) is 0 Å². The van der Waals surface area contributed by atoms with Gasteiger partial charge in [-0.1, -0.05) is 30.3 Å². The number of rotatable bonds is 8. The maximum atomic E-state index is 12.4. The van der Waals surface area contributed by atoms with Crippen LogP contribution in [0.25, 0.3) is 0 Å². The van der Waals surface area contributed by atoms with Crippen molar-refractivity contribution in [3.05, 3.63) is 65.2 Å². The first-order valence-electron chi connectivity index (χ1n) is 9.52. The summed E-state index contributed by atoms with van der Waals surface area (Å²) >= 11 is 0. The molecule has 1 heterocycles. The second kappa shape index (κ2) is 9.88. The highest BCUT2D eigenvalue weighted by Crippen LogP contribution is 2.17. The molecule has 0 atom stereocenters. The molecule has 0 aromatic heterocycles. The highest BCUT2D eigenvalue weighted by molar-refractivity contribution is 5.98. The number of ether oxygens (including phenoxy) is 1. The Morgan fingerprint density at radius 3 is 2.56 bits per heavy atom. The van der Waals surface area contributed by atoms with Crippen LogP contribution in [-0.2, 0) is 17.6 Å². The van der Waals surface area contributed by atoms with Crippen molar-refractivity contribution < 1.29 is 14.3 Å². The maximum Gasteiger partial charge on any atom is 0.220 e. The predicted octanol–water partition coefficient (Wildman–Crippen LogP) is 2.53. The minimum Gasteiger partial charge on any atom is -0.492 e. The van der Waals surface area contributed by atoms with Gasteiger partial charge in [0.1, 0.15) is 12.4 Å². The van der Waals surface area contributed by atoms with E-state index in [9.17, 15) is 9.59 Å². The van der Waals surface area contributed by atoms with Crippen molar-refractivity contribution in [3.63, 3.8) is 0 Å². The number of fused-ring (bicyclic) bond motifs is 1. The molecule has 3 rings (SSSR count). The van der Waals surface area contributed by atoms with E-state index in [1.807, 2.05) is 42.5 Å². The van der Waals surface area contributed by atoms with Crippen molar-refractivity contribution in [3.8, 4) is 5.75 Å². The fourth-order valence-electron chi connectivity index (χ4n) is 3.18. The molecule has 0 spiro atoms. The second-order valence-corrected chi connectivity index (χ2v) is 6.67. The topological polar surface area (TPSA) is 67.4 Å². The Balaban J connectivity index is 1.39. The highest BCUT2D eigenvalue weighted by Gasteiger charge is 2.13. The molecule has 1 amide bonds. The monoisotopic (exact) mass is 366 g/mol. The molecule has 0 unspecified atom stereocenters. The van der Waals surface area contributed by atoms with Crippen molar-refractivity contribution >= 4 is 11.7 Å². The Hall–Kier alpha value is -2.66. The van der Waals surface area contributed by atoms with Crippen LogP contribution < -0.4 is 15.4 Å². The predicted molar refractivity (Wildman–Crippen MR) is 105 cm³/mol. The number of nitrogens with one attached hydrogen (secondary N) is 2. The quantitative estimate of drug-likeness (QED) is 0.557. The summed E-state index contributed by atoms with van der Waals surface area (Å²) in [5, 5.41) is 6.16. The smallest absolute Gasteiger partial charge is 0.220 e. The first-order valence-corrected chi connectivity index (χ1v) is 9.52. The van der Waals surface area contributed by atoms with Crippen molar-refractivity contribution in [2.24, 2.45) is 0 Å². The first-order chi connectivity index (χ1) is 13.2. The highest BCUT2D eigenvalue weighted by atomic mass is 16.5. The fraction of sp³-hybridized carbons (Fsp3) is 0.364. The van der Waals surface area contributed by atoms with Gasteiger partial charge in [-0.15, -0.1) is 0 Å². The van der Waals surface area contributed by atoms with Gasteiger partial charge in [0.05, 0.1) is 6.54 Å². The lowest BCUT2D eigenvalue weighted by Crippen LogP contribution is -2.28. The van der Waals surface area contributed by atoms with Gasteiger partial charge in [-0.25, -0.2) is 0 Å². The zero-order valence-electron chi connectivity index (χ0n) is 15.5. The number of amides is 1. The van der Waals surface area contributed by atoms with Crippen molar-refractivity contribution in [2.45, 2.75) is 25.7 Å². The van der Waals surface area contributed by atoms with Crippen molar-refractivity contribution in [1.29, 1.82) is 0 Å². The van der Waals surface area contributed by atoms with Gasteiger partial charge in [0.15, 0.2) is 5.78 Å². The molecule has 0 radical (unpaired) electrons. The van der Waals surface area contributed by atoms with Gasteiger partial charge in [0, 0.05) is 18.4 Å². The standard InChI is InChI=1S/C22H26N2O3/c25-21(19-7-6-17-10-12-23-13-11-18(17)16-19)8-9-22(26)24-14-15-27-20-4-2-1-3-5-20/h1-7,16,23H,8-15H2,(H,24,26). The number of hydrogen-bond acceptors (Lipinski definition) is 4. The van der Waals surface area contributed by atoms with Gasteiger partial charge in [-0.05, 0) is 55.3 Å². The summed E-state index contributed by atoms with van der Waals surface area (Å²) in [6, 6.07) is 15.4. The summed E-state index contributed by atoms with van der Waals surface area (Å²) < 4.78 is 5.53. The van der Waals surface area contributed by atoms with Crippen LogP contribution in [0.2, 0.25) is 0 Å². The zero-order valence-corrected chi connectivity index (χ0v) is 15.5. The molecule has 0 saturated heterocycles. The lowest BCUT2D eigenvalue weighted by molar-refractivity contribution is -0.121. The number of ketones is 1. The summed E-state index contributed by atoms with van der Waals surface area (Å²) in [7, 11) is 0. The van der Waals surface area contributed by atoms with Crippen molar-refractivity contribution in [1.82, 2.24) is 10.6 Å². The van der Waals surface area contributed by atoms with Crippen LogP contribution >= 0.6 is 0 Å². The summed E-state index contributed by atoms with van der Waals surface area (Å²) in [4.78, 5) is 24.4. The van der Waals surface area contributed by atoms with Crippen LogP contribution in [0.3, 0.4) is 0 Å². The lowest BCUT2D eigenvalue weighted by Gasteiger charge is -2.09. The van der Waals surface area contributed by atoms with Gasteiger partial charge in [0.25, 0.3) is 0 Å². The van der Waals surface area contributed by atoms with Crippen LogP contribution in [0.5, 0.6) is 5.75 Å². The molecular weight excluding hydrogens is 340 g/mol. The van der Waals surface area contributed by atoms with Crippen LogP contribution in [0.4, 0.5) is 0 Å². The van der Waals surface area contributed by atoms with E-state index in [4.69, 9.17) is 4.74 Å². The molecule has 0 fully saturated rings. The first kappa shape index (κ1) is 19.1. The minimum atomic E-state index is -0.126. The van der Waals surface area contributed by atoms with Crippen LogP contribution in [-0.4, -0.2) is 37.9 Å². The molecule has 5 heteroatoms. The molecule has 2 N–H and O–H groups in total. The zero-order chi connectivity index (χ0) is 18.9. The van der Waals surface area contributed by atoms with E-state index in [-0.39, 0.29) is 24.5 Å². The van der Waals surface area contributed by atoms with E-state index in [2.05, 4.69) is 16.7 Å². The number of carbonyl (C=O) groups excluding carboxylic acids is 2. The van der Waals surface area contributed by atoms with Gasteiger partial charge in [-0.2, -0.15) is 0 Å².